The molecule has 2 nitrogen and oxygen atoms in total. The topological polar surface area (TPSA) is 24.9 Å². The lowest BCUT2D eigenvalue weighted by atomic mass is 10.1. The fourth-order valence-electron chi connectivity index (χ4n) is 2.03. The average Bonchev–Trinajstić information content (AvgIpc) is 2.75. The Kier molecular flexibility index (Phi) is 4.55. The smallest absolute Gasteiger partial charge is 0.141 e. The summed E-state index contributed by atoms with van der Waals surface area (Å²) < 4.78 is 13.2. The van der Waals surface area contributed by atoms with Gasteiger partial charge in [0.15, 0.2) is 0 Å². The van der Waals surface area contributed by atoms with Crippen molar-refractivity contribution in [1.29, 1.82) is 0 Å². The van der Waals surface area contributed by atoms with Gasteiger partial charge < -0.3 is 5.32 Å². The van der Waals surface area contributed by atoms with E-state index >= 15 is 0 Å². The van der Waals surface area contributed by atoms with Crippen molar-refractivity contribution in [2.24, 2.45) is 0 Å². The van der Waals surface area contributed by atoms with E-state index in [1.165, 1.54) is 10.9 Å². The number of aryl methyl sites for hydroxylation is 2. The van der Waals surface area contributed by atoms with E-state index in [0.717, 1.165) is 22.7 Å². The molecule has 2 rings (SSSR count). The summed E-state index contributed by atoms with van der Waals surface area (Å²) in [6, 6.07) is 4.73. The number of nitrogens with zero attached hydrogens (tertiary/aromatic N) is 1. The van der Waals surface area contributed by atoms with Crippen molar-refractivity contribution in [3.63, 3.8) is 0 Å². The zero-order valence-corrected chi connectivity index (χ0v) is 12.7. The molecule has 1 heterocycles. The highest BCUT2D eigenvalue weighted by Crippen LogP contribution is 2.30. The fraction of sp³-hybridized carbons (Fsp3) is 0.357. The average molecular weight is 299 g/mol. The van der Waals surface area contributed by atoms with Crippen molar-refractivity contribution in [2.75, 3.05) is 7.05 Å². The number of thiazole rings is 1. The van der Waals surface area contributed by atoms with E-state index in [1.807, 2.05) is 7.05 Å². The lowest BCUT2D eigenvalue weighted by molar-refractivity contribution is 0.623. The van der Waals surface area contributed by atoms with E-state index in [2.05, 4.69) is 24.1 Å². The summed E-state index contributed by atoms with van der Waals surface area (Å²) in [6.45, 7) is 4.17. The predicted octanol–water partition coefficient (Wildman–Crippen LogP) is 4.12. The van der Waals surface area contributed by atoms with Gasteiger partial charge in [-0.05, 0) is 38.1 Å². The van der Waals surface area contributed by atoms with Crippen LogP contribution in [0.3, 0.4) is 0 Å². The molecule has 0 aliphatic heterocycles. The summed E-state index contributed by atoms with van der Waals surface area (Å²) in [7, 11) is 1.87. The summed E-state index contributed by atoms with van der Waals surface area (Å²) in [5.41, 5.74) is 2.04. The van der Waals surface area contributed by atoms with Gasteiger partial charge in [-0.25, -0.2) is 9.37 Å². The van der Waals surface area contributed by atoms with Gasteiger partial charge in [-0.1, -0.05) is 24.6 Å². The lowest BCUT2D eigenvalue weighted by Crippen LogP contribution is -2.17. The number of rotatable bonds is 4. The Morgan fingerprint density at radius 3 is 2.74 bits per heavy atom. The number of aromatic nitrogens is 1. The van der Waals surface area contributed by atoms with Crippen LogP contribution < -0.4 is 5.32 Å². The zero-order valence-electron chi connectivity index (χ0n) is 11.1. The van der Waals surface area contributed by atoms with Crippen LogP contribution in [0, 0.1) is 12.7 Å². The molecule has 19 heavy (non-hydrogen) atoms. The molecular weight excluding hydrogens is 283 g/mol. The van der Waals surface area contributed by atoms with Gasteiger partial charge in [-0.2, -0.15) is 0 Å². The summed E-state index contributed by atoms with van der Waals surface area (Å²) in [6.07, 6.45) is 0.920. The molecule has 0 fully saturated rings. The van der Waals surface area contributed by atoms with E-state index in [4.69, 9.17) is 11.6 Å². The number of nitrogens with one attached hydrogen (secondary N) is 1. The van der Waals surface area contributed by atoms with Crippen LogP contribution in [-0.2, 0) is 6.42 Å². The predicted molar refractivity (Wildman–Crippen MR) is 78.5 cm³/mol. The molecule has 2 aromatic rings. The number of halogens is 2. The normalized spacial score (nSPS) is 12.7. The van der Waals surface area contributed by atoms with Crippen LogP contribution in [0.25, 0.3) is 0 Å². The van der Waals surface area contributed by atoms with Crippen LogP contribution >= 0.6 is 22.9 Å². The van der Waals surface area contributed by atoms with Crippen LogP contribution in [0.1, 0.15) is 34.1 Å². The Morgan fingerprint density at radius 2 is 2.21 bits per heavy atom. The third-order valence-electron chi connectivity index (χ3n) is 3.06. The van der Waals surface area contributed by atoms with Gasteiger partial charge in [-0.3, -0.25) is 0 Å². The van der Waals surface area contributed by atoms with Gasteiger partial charge in [-0.15, -0.1) is 11.3 Å². The maximum absolute atomic E-state index is 13.2. The van der Waals surface area contributed by atoms with Gasteiger partial charge in [0.1, 0.15) is 10.8 Å². The standard InChI is InChI=1S/C14H16ClFN2S/c1-4-12-8(2)19-14(18-12)13(17-3)9-5-6-11(16)10(15)7-9/h5-7,13,17H,4H2,1-3H3. The second-order valence-corrected chi connectivity index (χ2v) is 5.95. The second kappa shape index (κ2) is 5.99. The molecule has 0 saturated carbocycles. The van der Waals surface area contributed by atoms with Crippen LogP contribution in [0.4, 0.5) is 4.39 Å². The van der Waals surface area contributed by atoms with E-state index in [9.17, 15) is 4.39 Å². The molecule has 0 bridgehead atoms. The molecule has 1 N–H and O–H groups in total. The third-order valence-corrected chi connectivity index (χ3v) is 4.42. The van der Waals surface area contributed by atoms with Crippen molar-refractivity contribution in [3.8, 4) is 0 Å². The molecule has 1 unspecified atom stereocenters. The quantitative estimate of drug-likeness (QED) is 0.918. The second-order valence-electron chi connectivity index (χ2n) is 4.30. The Bertz CT molecular complexity index is 583. The number of benzene rings is 1. The van der Waals surface area contributed by atoms with Gasteiger partial charge in [0.2, 0.25) is 0 Å². The first-order valence-corrected chi connectivity index (χ1v) is 7.34. The molecule has 1 aromatic heterocycles. The van der Waals surface area contributed by atoms with Gasteiger partial charge in [0, 0.05) is 4.88 Å². The van der Waals surface area contributed by atoms with Gasteiger partial charge in [0.05, 0.1) is 16.8 Å². The van der Waals surface area contributed by atoms with Crippen molar-refractivity contribution >= 4 is 22.9 Å². The van der Waals surface area contributed by atoms with Gasteiger partial charge >= 0.3 is 0 Å². The molecule has 0 amide bonds. The Hall–Kier alpha value is -0.970. The molecule has 0 aliphatic rings. The largest absolute Gasteiger partial charge is 0.307 e. The van der Waals surface area contributed by atoms with Crippen LogP contribution in [-0.4, -0.2) is 12.0 Å². The lowest BCUT2D eigenvalue weighted by Gasteiger charge is -2.14. The minimum atomic E-state index is -0.398. The van der Waals surface area contributed by atoms with E-state index in [1.54, 1.807) is 23.5 Å². The summed E-state index contributed by atoms with van der Waals surface area (Å²) in [5.74, 6) is -0.398. The minimum Gasteiger partial charge on any atom is -0.307 e. The Labute approximate surface area is 121 Å². The van der Waals surface area contributed by atoms with E-state index in [0.29, 0.717) is 0 Å². The summed E-state index contributed by atoms with van der Waals surface area (Å²) in [4.78, 5) is 5.87. The molecule has 0 aliphatic carbocycles. The van der Waals surface area contributed by atoms with E-state index in [-0.39, 0.29) is 11.1 Å². The first kappa shape index (κ1) is 14.4. The minimum absolute atomic E-state index is 0.0536. The molecule has 5 heteroatoms. The molecule has 0 spiro atoms. The van der Waals surface area contributed by atoms with Crippen molar-refractivity contribution in [1.82, 2.24) is 10.3 Å². The first-order chi connectivity index (χ1) is 9.06. The van der Waals surface area contributed by atoms with Crippen LogP contribution in [0.2, 0.25) is 5.02 Å². The molecular formula is C14H16ClFN2S. The highest BCUT2D eigenvalue weighted by molar-refractivity contribution is 7.11. The molecule has 102 valence electrons. The Morgan fingerprint density at radius 1 is 1.47 bits per heavy atom. The molecule has 0 saturated heterocycles. The van der Waals surface area contributed by atoms with E-state index < -0.39 is 5.82 Å². The maximum atomic E-state index is 13.2. The summed E-state index contributed by atoms with van der Waals surface area (Å²) in [5, 5.41) is 4.34. The van der Waals surface area contributed by atoms with Gasteiger partial charge in [0.25, 0.3) is 0 Å². The van der Waals surface area contributed by atoms with Crippen molar-refractivity contribution in [2.45, 2.75) is 26.3 Å². The summed E-state index contributed by atoms with van der Waals surface area (Å²) >= 11 is 7.51. The third kappa shape index (κ3) is 2.96. The fourth-order valence-corrected chi connectivity index (χ4v) is 3.36. The van der Waals surface area contributed by atoms with Crippen molar-refractivity contribution < 1.29 is 4.39 Å². The number of hydrogen-bond donors (Lipinski definition) is 1. The highest BCUT2D eigenvalue weighted by Gasteiger charge is 2.18. The van der Waals surface area contributed by atoms with Crippen LogP contribution in [0.15, 0.2) is 18.2 Å². The van der Waals surface area contributed by atoms with Crippen molar-refractivity contribution in [3.05, 3.63) is 50.2 Å². The number of hydrogen-bond acceptors (Lipinski definition) is 3. The SMILES string of the molecule is CCc1nc(C(NC)c2ccc(F)c(Cl)c2)sc1C. The molecule has 1 aromatic carbocycles. The molecule has 0 radical (unpaired) electrons. The maximum Gasteiger partial charge on any atom is 0.141 e. The molecule has 1 atom stereocenters. The highest BCUT2D eigenvalue weighted by atomic mass is 35.5. The van der Waals surface area contributed by atoms with Crippen LogP contribution in [0.5, 0.6) is 0 Å². The monoisotopic (exact) mass is 298 g/mol. The Balaban J connectivity index is 2.40. The first-order valence-electron chi connectivity index (χ1n) is 6.15. The zero-order chi connectivity index (χ0) is 14.0.